The molecule has 0 aliphatic rings. The van der Waals surface area contributed by atoms with Crippen molar-refractivity contribution in [2.45, 2.75) is 5.33 Å². The van der Waals surface area contributed by atoms with E-state index in [2.05, 4.69) is 20.9 Å². The van der Waals surface area contributed by atoms with Gasteiger partial charge in [0.25, 0.3) is 0 Å². The van der Waals surface area contributed by atoms with Crippen LogP contribution in [-0.4, -0.2) is 12.0 Å². The Morgan fingerprint density at radius 3 is 2.41 bits per heavy atom. The summed E-state index contributed by atoms with van der Waals surface area (Å²) in [6.45, 7) is 0. The molecule has 2 rings (SSSR count). The van der Waals surface area contributed by atoms with Gasteiger partial charge in [-0.2, -0.15) is 0 Å². The molecule has 0 aliphatic carbocycles. The van der Waals surface area contributed by atoms with E-state index in [4.69, 9.17) is 0 Å². The Hall–Kier alpha value is -1.42. The fourth-order valence-electron chi connectivity index (χ4n) is 1.49. The molecule has 0 aliphatic heterocycles. The van der Waals surface area contributed by atoms with E-state index < -0.39 is 0 Å². The largest absolute Gasteiger partial charge is 0.329 e. The lowest BCUT2D eigenvalue weighted by Gasteiger charge is -2.18. The summed E-state index contributed by atoms with van der Waals surface area (Å²) in [7, 11) is 1.91. The van der Waals surface area contributed by atoms with Gasteiger partial charge in [0.15, 0.2) is 0 Å². The Bertz CT molecular complexity index is 482. The molecule has 1 heterocycles. The fourth-order valence-corrected chi connectivity index (χ4v) is 1.82. The number of anilines is 2. The summed E-state index contributed by atoms with van der Waals surface area (Å²) in [6, 6.07) is 10.3. The maximum atomic E-state index is 12.8. The summed E-state index contributed by atoms with van der Waals surface area (Å²) in [5.41, 5.74) is 2.03. The molecule has 0 bridgehead atoms. The van der Waals surface area contributed by atoms with Gasteiger partial charge in [0.1, 0.15) is 11.6 Å². The number of aromatic nitrogens is 1. The number of hydrogen-bond acceptors (Lipinski definition) is 2. The van der Waals surface area contributed by atoms with Crippen molar-refractivity contribution in [1.82, 2.24) is 4.98 Å². The molecule has 1 aromatic carbocycles. The molecular weight excluding hydrogens is 283 g/mol. The van der Waals surface area contributed by atoms with Gasteiger partial charge in [-0.15, -0.1) is 0 Å². The molecule has 0 saturated heterocycles. The summed E-state index contributed by atoms with van der Waals surface area (Å²) in [4.78, 5) is 6.26. The predicted octanol–water partition coefficient (Wildman–Crippen LogP) is 3.88. The van der Waals surface area contributed by atoms with Crippen LogP contribution in [-0.2, 0) is 5.33 Å². The van der Waals surface area contributed by atoms with Gasteiger partial charge in [-0.3, -0.25) is 0 Å². The van der Waals surface area contributed by atoms with Crippen LogP contribution < -0.4 is 4.90 Å². The van der Waals surface area contributed by atoms with E-state index in [1.807, 2.05) is 30.3 Å². The van der Waals surface area contributed by atoms with Gasteiger partial charge in [0, 0.05) is 24.3 Å². The monoisotopic (exact) mass is 294 g/mol. The molecule has 1 aromatic heterocycles. The van der Waals surface area contributed by atoms with Crippen molar-refractivity contribution in [3.05, 3.63) is 54.0 Å². The quantitative estimate of drug-likeness (QED) is 0.799. The van der Waals surface area contributed by atoms with E-state index in [9.17, 15) is 4.39 Å². The van der Waals surface area contributed by atoms with E-state index in [1.165, 1.54) is 12.1 Å². The minimum absolute atomic E-state index is 0.232. The molecule has 0 saturated carbocycles. The van der Waals surface area contributed by atoms with Gasteiger partial charge < -0.3 is 4.90 Å². The first-order valence-electron chi connectivity index (χ1n) is 5.21. The molecule has 0 radical (unpaired) electrons. The fraction of sp³-hybridized carbons (Fsp3) is 0.154. The topological polar surface area (TPSA) is 16.1 Å². The Labute approximate surface area is 108 Å². The third-order valence-electron chi connectivity index (χ3n) is 2.52. The van der Waals surface area contributed by atoms with E-state index in [-0.39, 0.29) is 5.82 Å². The summed E-state index contributed by atoms with van der Waals surface area (Å²) < 4.78 is 12.8. The van der Waals surface area contributed by atoms with Gasteiger partial charge >= 0.3 is 0 Å². The number of benzene rings is 1. The summed E-state index contributed by atoms with van der Waals surface area (Å²) in [6.07, 6.45) is 1.82. The Balaban J connectivity index is 2.23. The highest BCUT2D eigenvalue weighted by Gasteiger charge is 2.05. The zero-order valence-electron chi connectivity index (χ0n) is 9.40. The molecular formula is C13H12BrFN2. The Morgan fingerprint density at radius 2 is 1.88 bits per heavy atom. The molecule has 0 atom stereocenters. The first-order valence-corrected chi connectivity index (χ1v) is 6.33. The van der Waals surface area contributed by atoms with Gasteiger partial charge in [-0.1, -0.05) is 22.0 Å². The summed E-state index contributed by atoms with van der Waals surface area (Å²) in [5, 5.41) is 0.792. The second-order valence-corrected chi connectivity index (χ2v) is 4.25. The van der Waals surface area contributed by atoms with Gasteiger partial charge in [0.05, 0.1) is 0 Å². The zero-order chi connectivity index (χ0) is 12.3. The highest BCUT2D eigenvalue weighted by molar-refractivity contribution is 9.08. The molecule has 2 nitrogen and oxygen atoms in total. The summed E-state index contributed by atoms with van der Waals surface area (Å²) in [5.74, 6) is 0.603. The molecule has 4 heteroatoms. The van der Waals surface area contributed by atoms with Crippen molar-refractivity contribution >= 4 is 27.4 Å². The first kappa shape index (κ1) is 12.0. The normalized spacial score (nSPS) is 10.3. The van der Waals surface area contributed by atoms with Gasteiger partial charge in [-0.05, 0) is 35.9 Å². The van der Waals surface area contributed by atoms with Crippen LogP contribution in [0.1, 0.15) is 5.56 Å². The molecule has 0 spiro atoms. The smallest absolute Gasteiger partial charge is 0.132 e. The lowest BCUT2D eigenvalue weighted by molar-refractivity contribution is 0.628. The third-order valence-corrected chi connectivity index (χ3v) is 3.17. The third kappa shape index (κ3) is 2.82. The summed E-state index contributed by atoms with van der Waals surface area (Å²) >= 11 is 3.38. The van der Waals surface area contributed by atoms with Crippen LogP contribution in [0.4, 0.5) is 15.9 Å². The number of nitrogens with zero attached hydrogens (tertiary/aromatic N) is 2. The van der Waals surface area contributed by atoms with Crippen LogP contribution >= 0.6 is 15.9 Å². The lowest BCUT2D eigenvalue weighted by atomic mass is 10.2. The Morgan fingerprint density at radius 1 is 1.18 bits per heavy atom. The molecule has 17 heavy (non-hydrogen) atoms. The van der Waals surface area contributed by atoms with Crippen LogP contribution in [0.25, 0.3) is 0 Å². The van der Waals surface area contributed by atoms with Crippen LogP contribution in [0, 0.1) is 5.82 Å². The highest BCUT2D eigenvalue weighted by Crippen LogP contribution is 2.21. The number of alkyl halides is 1. The van der Waals surface area contributed by atoms with Crippen molar-refractivity contribution < 1.29 is 4.39 Å². The van der Waals surface area contributed by atoms with Crippen molar-refractivity contribution in [3.63, 3.8) is 0 Å². The molecule has 0 unspecified atom stereocenters. The van der Waals surface area contributed by atoms with Crippen LogP contribution in [0.3, 0.4) is 0 Å². The molecule has 0 amide bonds. The average molecular weight is 295 g/mol. The van der Waals surface area contributed by atoms with E-state index in [0.717, 1.165) is 22.4 Å². The number of pyridine rings is 1. The molecule has 88 valence electrons. The molecule has 0 fully saturated rings. The number of rotatable bonds is 3. The maximum Gasteiger partial charge on any atom is 0.132 e. The predicted molar refractivity (Wildman–Crippen MR) is 71.3 cm³/mol. The SMILES string of the molecule is CN(c1ccc(F)cc1)c1ccc(CBr)cn1. The minimum Gasteiger partial charge on any atom is -0.329 e. The Kier molecular flexibility index (Phi) is 3.74. The lowest BCUT2D eigenvalue weighted by Crippen LogP contribution is -2.10. The van der Waals surface area contributed by atoms with E-state index in [1.54, 1.807) is 12.1 Å². The number of halogens is 2. The standard InChI is InChI=1S/C13H12BrFN2/c1-17(12-5-3-11(15)4-6-12)13-7-2-10(8-14)9-16-13/h2-7,9H,8H2,1H3. The second-order valence-electron chi connectivity index (χ2n) is 3.69. The van der Waals surface area contributed by atoms with E-state index in [0.29, 0.717) is 0 Å². The molecule has 0 N–H and O–H groups in total. The van der Waals surface area contributed by atoms with Gasteiger partial charge in [-0.25, -0.2) is 9.37 Å². The van der Waals surface area contributed by atoms with Crippen LogP contribution in [0.5, 0.6) is 0 Å². The van der Waals surface area contributed by atoms with Crippen molar-refractivity contribution in [2.24, 2.45) is 0 Å². The first-order chi connectivity index (χ1) is 8.20. The average Bonchev–Trinajstić information content (AvgIpc) is 2.39. The minimum atomic E-state index is -0.232. The van der Waals surface area contributed by atoms with Gasteiger partial charge in [0.2, 0.25) is 0 Å². The zero-order valence-corrected chi connectivity index (χ0v) is 11.0. The van der Waals surface area contributed by atoms with Crippen LogP contribution in [0.2, 0.25) is 0 Å². The van der Waals surface area contributed by atoms with Crippen molar-refractivity contribution in [3.8, 4) is 0 Å². The molecule has 2 aromatic rings. The number of hydrogen-bond donors (Lipinski definition) is 0. The van der Waals surface area contributed by atoms with Crippen LogP contribution in [0.15, 0.2) is 42.6 Å². The van der Waals surface area contributed by atoms with Crippen molar-refractivity contribution in [2.75, 3.05) is 11.9 Å². The maximum absolute atomic E-state index is 12.8. The van der Waals surface area contributed by atoms with Crippen molar-refractivity contribution in [1.29, 1.82) is 0 Å². The second kappa shape index (κ2) is 5.27. The van der Waals surface area contributed by atoms with E-state index >= 15 is 0 Å². The highest BCUT2D eigenvalue weighted by atomic mass is 79.9.